The molecule has 106 valence electrons. The maximum atomic E-state index is 4.38. The maximum absolute atomic E-state index is 4.38. The van der Waals surface area contributed by atoms with Crippen molar-refractivity contribution >= 4 is 11.6 Å². The predicted octanol–water partition coefficient (Wildman–Crippen LogP) is 3.04. The van der Waals surface area contributed by atoms with Gasteiger partial charge < -0.3 is 10.6 Å². The summed E-state index contributed by atoms with van der Waals surface area (Å²) >= 11 is 0. The summed E-state index contributed by atoms with van der Waals surface area (Å²) in [4.78, 5) is 12.8. The summed E-state index contributed by atoms with van der Waals surface area (Å²) in [5.74, 6) is 1.79. The summed E-state index contributed by atoms with van der Waals surface area (Å²) in [7, 11) is 0. The van der Waals surface area contributed by atoms with Crippen molar-refractivity contribution in [2.45, 2.75) is 33.2 Å². The van der Waals surface area contributed by atoms with Crippen LogP contribution in [0, 0.1) is 0 Å². The van der Waals surface area contributed by atoms with Crippen LogP contribution in [0.5, 0.6) is 0 Å². The van der Waals surface area contributed by atoms with Gasteiger partial charge in [0, 0.05) is 24.5 Å². The zero-order chi connectivity index (χ0) is 14.4. The lowest BCUT2D eigenvalue weighted by atomic mass is 10.1. The quantitative estimate of drug-likeness (QED) is 0.845. The van der Waals surface area contributed by atoms with E-state index in [1.807, 2.05) is 12.3 Å². The summed E-state index contributed by atoms with van der Waals surface area (Å²) < 4.78 is 0. The molecule has 0 amide bonds. The van der Waals surface area contributed by atoms with Crippen molar-refractivity contribution < 1.29 is 0 Å². The van der Waals surface area contributed by atoms with Crippen LogP contribution in [0.1, 0.15) is 37.9 Å². The molecule has 0 radical (unpaired) electrons. The molecule has 0 saturated carbocycles. The second kappa shape index (κ2) is 6.84. The maximum Gasteiger partial charge on any atom is 0.135 e. The number of rotatable bonds is 6. The molecule has 2 N–H and O–H groups in total. The van der Waals surface area contributed by atoms with E-state index in [0.29, 0.717) is 0 Å². The van der Waals surface area contributed by atoms with Gasteiger partial charge in [-0.3, -0.25) is 4.98 Å². The zero-order valence-electron chi connectivity index (χ0n) is 12.2. The smallest absolute Gasteiger partial charge is 0.135 e. The average molecular weight is 271 g/mol. The van der Waals surface area contributed by atoms with Crippen LogP contribution >= 0.6 is 0 Å². The highest BCUT2D eigenvalue weighted by molar-refractivity contribution is 5.58. The molecule has 1 atom stereocenters. The van der Waals surface area contributed by atoms with Crippen molar-refractivity contribution in [3.8, 4) is 0 Å². The van der Waals surface area contributed by atoms with Gasteiger partial charge in [-0.1, -0.05) is 13.0 Å². The predicted molar refractivity (Wildman–Crippen MR) is 81.8 cm³/mol. The van der Waals surface area contributed by atoms with Crippen molar-refractivity contribution in [3.63, 3.8) is 0 Å². The van der Waals surface area contributed by atoms with Gasteiger partial charge >= 0.3 is 0 Å². The number of hydrogen-bond acceptors (Lipinski definition) is 5. The molecular weight excluding hydrogens is 250 g/mol. The van der Waals surface area contributed by atoms with Gasteiger partial charge in [0.25, 0.3) is 0 Å². The first kappa shape index (κ1) is 14.2. The molecule has 0 aliphatic rings. The fraction of sp³-hybridized carbons (Fsp3) is 0.400. The fourth-order valence-corrected chi connectivity index (χ4v) is 2.11. The molecule has 0 aromatic carbocycles. The van der Waals surface area contributed by atoms with Crippen molar-refractivity contribution in [1.29, 1.82) is 0 Å². The molecule has 2 heterocycles. The van der Waals surface area contributed by atoms with Crippen molar-refractivity contribution in [3.05, 3.63) is 42.0 Å². The highest BCUT2D eigenvalue weighted by Crippen LogP contribution is 2.24. The molecule has 2 aromatic heterocycles. The summed E-state index contributed by atoms with van der Waals surface area (Å²) in [6.07, 6.45) is 6.12. The van der Waals surface area contributed by atoms with Crippen LogP contribution in [-0.4, -0.2) is 21.5 Å². The van der Waals surface area contributed by atoms with E-state index in [9.17, 15) is 0 Å². The van der Waals surface area contributed by atoms with Crippen LogP contribution in [-0.2, 0) is 6.42 Å². The third-order valence-electron chi connectivity index (χ3n) is 3.18. The van der Waals surface area contributed by atoms with E-state index >= 15 is 0 Å². The Morgan fingerprint density at radius 3 is 2.65 bits per heavy atom. The second-order valence-electron chi connectivity index (χ2n) is 4.59. The number of nitrogens with one attached hydrogen (secondary N) is 2. The standard InChI is InChI=1S/C15H21N5/c1-4-13-14(17-5-2)18-10-19-15(13)20-11(3)12-7-6-8-16-9-12/h6-11H,4-5H2,1-3H3,(H2,17,18,19,20). The van der Waals surface area contributed by atoms with Crippen LogP contribution in [0.4, 0.5) is 11.6 Å². The van der Waals surface area contributed by atoms with Crippen molar-refractivity contribution in [2.75, 3.05) is 17.2 Å². The SMILES string of the molecule is CCNc1ncnc(NC(C)c2cccnc2)c1CC. The Bertz CT molecular complexity index is 541. The molecule has 0 aliphatic heterocycles. The summed E-state index contributed by atoms with van der Waals surface area (Å²) in [5.41, 5.74) is 2.25. The molecule has 0 bridgehead atoms. The highest BCUT2D eigenvalue weighted by Gasteiger charge is 2.12. The Kier molecular flexibility index (Phi) is 4.87. The highest BCUT2D eigenvalue weighted by atomic mass is 15.1. The monoisotopic (exact) mass is 271 g/mol. The van der Waals surface area contributed by atoms with Gasteiger partial charge in [0.2, 0.25) is 0 Å². The molecular formula is C15H21N5. The molecule has 1 unspecified atom stereocenters. The summed E-state index contributed by atoms with van der Waals surface area (Å²) in [5, 5.41) is 6.72. The van der Waals surface area contributed by atoms with Crippen LogP contribution in [0.25, 0.3) is 0 Å². The number of nitrogens with zero attached hydrogens (tertiary/aromatic N) is 3. The largest absolute Gasteiger partial charge is 0.370 e. The van der Waals surface area contributed by atoms with E-state index in [1.165, 1.54) is 0 Å². The first-order valence-electron chi connectivity index (χ1n) is 7.00. The Morgan fingerprint density at radius 1 is 1.20 bits per heavy atom. The first-order chi connectivity index (χ1) is 9.76. The van der Waals surface area contributed by atoms with Gasteiger partial charge in [0.05, 0.1) is 6.04 Å². The molecule has 5 heteroatoms. The lowest BCUT2D eigenvalue weighted by Gasteiger charge is -2.18. The number of hydrogen-bond donors (Lipinski definition) is 2. The van der Waals surface area contributed by atoms with E-state index in [0.717, 1.165) is 35.7 Å². The van der Waals surface area contributed by atoms with Crippen LogP contribution < -0.4 is 10.6 Å². The van der Waals surface area contributed by atoms with Gasteiger partial charge in [-0.25, -0.2) is 9.97 Å². The topological polar surface area (TPSA) is 62.7 Å². The van der Waals surface area contributed by atoms with Crippen molar-refractivity contribution in [1.82, 2.24) is 15.0 Å². The van der Waals surface area contributed by atoms with Gasteiger partial charge in [-0.2, -0.15) is 0 Å². The average Bonchev–Trinajstić information content (AvgIpc) is 2.49. The lowest BCUT2D eigenvalue weighted by Crippen LogP contribution is -2.12. The third-order valence-corrected chi connectivity index (χ3v) is 3.18. The molecule has 20 heavy (non-hydrogen) atoms. The Labute approximate surface area is 119 Å². The molecule has 0 spiro atoms. The van der Waals surface area contributed by atoms with E-state index in [2.05, 4.69) is 52.4 Å². The van der Waals surface area contributed by atoms with E-state index in [4.69, 9.17) is 0 Å². The minimum absolute atomic E-state index is 0.151. The van der Waals surface area contributed by atoms with E-state index < -0.39 is 0 Å². The normalized spacial score (nSPS) is 11.9. The first-order valence-corrected chi connectivity index (χ1v) is 7.00. The lowest BCUT2D eigenvalue weighted by molar-refractivity contribution is 0.855. The van der Waals surface area contributed by atoms with Crippen LogP contribution in [0.2, 0.25) is 0 Å². The summed E-state index contributed by atoms with van der Waals surface area (Å²) in [6.45, 7) is 7.12. The Morgan fingerprint density at radius 2 is 2.00 bits per heavy atom. The van der Waals surface area contributed by atoms with Crippen LogP contribution in [0.3, 0.4) is 0 Å². The van der Waals surface area contributed by atoms with Crippen LogP contribution in [0.15, 0.2) is 30.9 Å². The Hall–Kier alpha value is -2.17. The Balaban J connectivity index is 2.22. The minimum Gasteiger partial charge on any atom is -0.370 e. The number of pyridine rings is 1. The summed E-state index contributed by atoms with van der Waals surface area (Å²) in [6, 6.07) is 4.15. The van der Waals surface area contributed by atoms with Crippen molar-refractivity contribution in [2.24, 2.45) is 0 Å². The second-order valence-corrected chi connectivity index (χ2v) is 4.59. The number of anilines is 2. The third kappa shape index (κ3) is 3.23. The van der Waals surface area contributed by atoms with Gasteiger partial charge in [0.1, 0.15) is 18.0 Å². The fourth-order valence-electron chi connectivity index (χ4n) is 2.11. The van der Waals surface area contributed by atoms with Gasteiger partial charge in [-0.05, 0) is 31.9 Å². The van der Waals surface area contributed by atoms with Gasteiger partial charge in [0.15, 0.2) is 0 Å². The molecule has 5 nitrogen and oxygen atoms in total. The number of aromatic nitrogens is 3. The minimum atomic E-state index is 0.151. The zero-order valence-corrected chi connectivity index (χ0v) is 12.2. The van der Waals surface area contributed by atoms with E-state index in [1.54, 1.807) is 12.5 Å². The molecule has 0 saturated heterocycles. The molecule has 0 aliphatic carbocycles. The molecule has 0 fully saturated rings. The molecule has 2 aromatic rings. The van der Waals surface area contributed by atoms with E-state index in [-0.39, 0.29) is 6.04 Å². The molecule has 2 rings (SSSR count). The van der Waals surface area contributed by atoms with Gasteiger partial charge in [-0.15, -0.1) is 0 Å².